The summed E-state index contributed by atoms with van der Waals surface area (Å²) in [7, 11) is 4.31. The van der Waals surface area contributed by atoms with Gasteiger partial charge in [-0.25, -0.2) is 0 Å². The minimum atomic E-state index is -0.936. The van der Waals surface area contributed by atoms with Crippen LogP contribution in [0.25, 0.3) is 0 Å². The lowest BCUT2D eigenvalue weighted by Gasteiger charge is -2.32. The Kier molecular flexibility index (Phi) is 18.1. The van der Waals surface area contributed by atoms with E-state index in [9.17, 15) is 24.0 Å². The maximum absolute atomic E-state index is 13.6. The smallest absolute Gasteiger partial charge is 0.309 e. The Balaban J connectivity index is 3.20. The summed E-state index contributed by atoms with van der Waals surface area (Å²) < 4.78 is 10.2. The molecule has 39 heavy (non-hydrogen) atoms. The molecule has 0 aromatic heterocycles. The number of methoxy groups -OCH3 is 1. The van der Waals surface area contributed by atoms with Crippen LogP contribution >= 0.6 is 33.3 Å². The normalized spacial score (nSPS) is 22.5. The van der Waals surface area contributed by atoms with Crippen LogP contribution < -0.4 is 16.0 Å². The highest BCUT2D eigenvalue weighted by molar-refractivity contribution is 8.76. The highest BCUT2D eigenvalue weighted by Crippen LogP contribution is 2.24. The molecule has 1 aliphatic rings. The third-order valence-corrected chi connectivity index (χ3v) is 9.26. The van der Waals surface area contributed by atoms with Crippen molar-refractivity contribution in [3.63, 3.8) is 0 Å². The Hall–Kier alpha value is -1.86. The van der Waals surface area contributed by atoms with Crippen LogP contribution in [0, 0.1) is 5.92 Å². The number of carbonyl (C=O) groups is 5. The van der Waals surface area contributed by atoms with E-state index in [0.29, 0.717) is 25.0 Å². The molecule has 3 N–H and O–H groups in total. The number of nitrogens with one attached hydrogen (secondary N) is 3. The first-order valence-electron chi connectivity index (χ1n) is 13.1. The van der Waals surface area contributed by atoms with Gasteiger partial charge in [-0.05, 0) is 37.2 Å². The summed E-state index contributed by atoms with van der Waals surface area (Å²) in [4.78, 5) is 63.2. The third kappa shape index (κ3) is 14.4. The molecule has 0 saturated carbocycles. The van der Waals surface area contributed by atoms with Crippen molar-refractivity contribution in [2.24, 2.45) is 5.92 Å². The number of amides is 3. The van der Waals surface area contributed by atoms with Crippen molar-refractivity contribution in [2.75, 3.05) is 30.6 Å². The van der Waals surface area contributed by atoms with Crippen molar-refractivity contribution in [1.82, 2.24) is 16.0 Å². The van der Waals surface area contributed by atoms with Gasteiger partial charge in [0, 0.05) is 24.9 Å². The van der Waals surface area contributed by atoms with Crippen LogP contribution in [0.1, 0.15) is 59.3 Å². The minimum absolute atomic E-state index is 0.150. The van der Waals surface area contributed by atoms with Gasteiger partial charge in [-0.1, -0.05) is 54.0 Å². The average Bonchev–Trinajstić information content (AvgIpc) is 2.90. The maximum atomic E-state index is 13.6. The van der Waals surface area contributed by atoms with E-state index >= 15 is 0 Å². The number of hydrogen-bond acceptors (Lipinski definition) is 10. The highest BCUT2D eigenvalue weighted by atomic mass is 33.1. The molecular weight excluding hydrogens is 563 g/mol. The van der Waals surface area contributed by atoms with E-state index in [4.69, 9.17) is 9.47 Å². The fourth-order valence-electron chi connectivity index (χ4n) is 3.79. The number of ether oxygens (including phenoxy) is 2. The lowest BCUT2D eigenvalue weighted by molar-refractivity contribution is -0.155. The van der Waals surface area contributed by atoms with Crippen LogP contribution in [0.4, 0.5) is 0 Å². The molecule has 0 radical (unpaired) electrons. The van der Waals surface area contributed by atoms with Crippen LogP contribution in [0.15, 0.2) is 12.2 Å². The quantitative estimate of drug-likeness (QED) is 0.183. The van der Waals surface area contributed by atoms with Gasteiger partial charge < -0.3 is 25.4 Å². The van der Waals surface area contributed by atoms with Gasteiger partial charge in [0.1, 0.15) is 18.2 Å². The molecule has 0 aromatic rings. The minimum Gasteiger partial charge on any atom is -0.469 e. The number of allylic oxidation sites excluding steroid dienone is 2. The second-order valence-corrected chi connectivity index (χ2v) is 12.8. The van der Waals surface area contributed by atoms with Crippen molar-refractivity contribution in [3.8, 4) is 0 Å². The fourth-order valence-corrected chi connectivity index (χ4v) is 6.42. The van der Waals surface area contributed by atoms with Crippen LogP contribution in [-0.4, -0.2) is 84.5 Å². The molecule has 0 aliphatic carbocycles. The molecule has 10 nitrogen and oxygen atoms in total. The van der Waals surface area contributed by atoms with E-state index < -0.39 is 48.0 Å². The van der Waals surface area contributed by atoms with E-state index in [1.165, 1.54) is 24.8 Å². The molecule has 13 heteroatoms. The largest absolute Gasteiger partial charge is 0.469 e. The number of esters is 2. The summed E-state index contributed by atoms with van der Waals surface area (Å²) in [6.07, 6.45) is 7.54. The van der Waals surface area contributed by atoms with Crippen molar-refractivity contribution >= 4 is 63.0 Å². The number of hydrogen-bond donors (Lipinski definition) is 3. The van der Waals surface area contributed by atoms with E-state index in [1.807, 2.05) is 32.3 Å². The van der Waals surface area contributed by atoms with Crippen LogP contribution in [0.5, 0.6) is 0 Å². The van der Waals surface area contributed by atoms with Gasteiger partial charge in [0.15, 0.2) is 0 Å². The second kappa shape index (κ2) is 20.1. The van der Waals surface area contributed by atoms with Crippen molar-refractivity contribution in [2.45, 2.75) is 83.5 Å². The molecule has 1 aliphatic heterocycles. The molecular formula is C26H43N3O7S3. The lowest BCUT2D eigenvalue weighted by Crippen LogP contribution is -2.58. The van der Waals surface area contributed by atoms with E-state index in [-0.39, 0.29) is 30.4 Å². The van der Waals surface area contributed by atoms with E-state index in [1.54, 1.807) is 22.6 Å². The Bertz CT molecular complexity index is 844. The molecule has 3 amide bonds. The van der Waals surface area contributed by atoms with Gasteiger partial charge in [0.25, 0.3) is 0 Å². The van der Waals surface area contributed by atoms with Crippen LogP contribution in [0.3, 0.4) is 0 Å². The van der Waals surface area contributed by atoms with Crippen molar-refractivity contribution < 1.29 is 33.4 Å². The van der Waals surface area contributed by atoms with Gasteiger partial charge in [-0.3, -0.25) is 24.0 Å². The predicted octanol–water partition coefficient (Wildman–Crippen LogP) is 2.86. The zero-order chi connectivity index (χ0) is 29.2. The fraction of sp³-hybridized carbons (Fsp3) is 0.731. The van der Waals surface area contributed by atoms with E-state index in [2.05, 4.69) is 16.0 Å². The molecule has 1 heterocycles. The number of carbonyl (C=O) groups excluding carboxylic acids is 5. The van der Waals surface area contributed by atoms with Crippen LogP contribution in [0.2, 0.25) is 0 Å². The molecule has 0 saturated heterocycles. The molecule has 5 atom stereocenters. The third-order valence-electron chi connectivity index (χ3n) is 6.17. The van der Waals surface area contributed by atoms with E-state index in [0.717, 1.165) is 12.2 Å². The zero-order valence-electron chi connectivity index (χ0n) is 23.5. The monoisotopic (exact) mass is 605 g/mol. The summed E-state index contributed by atoms with van der Waals surface area (Å²) >= 11 is 1.56. The predicted molar refractivity (Wildman–Crippen MR) is 158 cm³/mol. The van der Waals surface area contributed by atoms with Gasteiger partial charge in [0.05, 0.1) is 19.6 Å². The lowest BCUT2D eigenvalue weighted by atomic mass is 9.92. The molecule has 1 unspecified atom stereocenters. The zero-order valence-corrected chi connectivity index (χ0v) is 25.9. The SMILES string of the molecule is CC[C@@H](C)C(NC(=O)[C@H]1CSSCC/C=C/CCC(=O)N[C@H](CCSC)C(=O)N1)[C@H](CC(=O)OC)OC(C)=O. The number of thioether (sulfide) groups is 1. The van der Waals surface area contributed by atoms with Crippen LogP contribution in [-0.2, 0) is 33.4 Å². The Morgan fingerprint density at radius 1 is 1.18 bits per heavy atom. The van der Waals surface area contributed by atoms with Crippen molar-refractivity contribution in [3.05, 3.63) is 12.2 Å². The van der Waals surface area contributed by atoms with Gasteiger partial charge in [-0.15, -0.1) is 0 Å². The Labute approximate surface area is 244 Å². The first-order chi connectivity index (χ1) is 18.6. The molecule has 0 bridgehead atoms. The summed E-state index contributed by atoms with van der Waals surface area (Å²) in [5.41, 5.74) is 0. The second-order valence-electron chi connectivity index (χ2n) is 9.22. The topological polar surface area (TPSA) is 140 Å². The first kappa shape index (κ1) is 35.2. The Morgan fingerprint density at radius 2 is 1.90 bits per heavy atom. The number of rotatable bonds is 11. The van der Waals surface area contributed by atoms with Gasteiger partial charge >= 0.3 is 11.9 Å². The first-order valence-corrected chi connectivity index (χ1v) is 17.0. The summed E-state index contributed by atoms with van der Waals surface area (Å²) in [6, 6.07) is -2.37. The summed E-state index contributed by atoms with van der Waals surface area (Å²) in [5.74, 6) is -0.642. The highest BCUT2D eigenvalue weighted by Gasteiger charge is 2.35. The molecule has 222 valence electrons. The molecule has 0 fully saturated rings. The molecule has 0 spiro atoms. The summed E-state index contributed by atoms with van der Waals surface area (Å²) in [5, 5.41) is 8.59. The molecule has 1 rings (SSSR count). The van der Waals surface area contributed by atoms with Gasteiger partial charge in [0.2, 0.25) is 17.7 Å². The standard InChI is InChI=1S/C26H43N3O7S3/c1-6-17(2)24(21(36-18(3)30)15-23(32)35-4)29-26(34)20-16-39-38-13-10-8-7-9-11-22(31)27-19(12-14-37-5)25(33)28-20/h7-8,17,19-21,24H,6,9-16H2,1-5H3,(H,27,31)(H,28,33)(H,29,34)/b8-7+/t17-,19-,20-,21+,24?/m1/s1. The Morgan fingerprint density at radius 3 is 2.54 bits per heavy atom. The van der Waals surface area contributed by atoms with Crippen molar-refractivity contribution in [1.29, 1.82) is 0 Å². The summed E-state index contributed by atoms with van der Waals surface area (Å²) in [6.45, 7) is 5.06. The molecule has 0 aromatic carbocycles. The maximum Gasteiger partial charge on any atom is 0.309 e. The average molecular weight is 606 g/mol. The van der Waals surface area contributed by atoms with Gasteiger partial charge in [-0.2, -0.15) is 11.8 Å².